The van der Waals surface area contributed by atoms with Crippen molar-refractivity contribution < 1.29 is 27.4 Å². The van der Waals surface area contributed by atoms with Gasteiger partial charge >= 0.3 is 6.36 Å². The van der Waals surface area contributed by atoms with Crippen LogP contribution in [0.1, 0.15) is 51.9 Å². The van der Waals surface area contributed by atoms with Crippen LogP contribution in [0, 0.1) is 5.82 Å². The number of rotatable bonds is 5. The Labute approximate surface area is 176 Å². The summed E-state index contributed by atoms with van der Waals surface area (Å²) in [6, 6.07) is 3.41. The van der Waals surface area contributed by atoms with Gasteiger partial charge in [-0.15, -0.1) is 13.2 Å². The van der Waals surface area contributed by atoms with Gasteiger partial charge in [0.25, 0.3) is 5.78 Å². The standard InChI is InChI=1S/C20H23F4N5O2/c1-18(2,3)14-9-15(29-17(27-14)25-10-26-29)28-16(19(4,5)30)12-7-6-11(8-13(12)21)31-20(22,23)24/h6-10,16,28,30H,1-5H3. The van der Waals surface area contributed by atoms with E-state index in [0.717, 1.165) is 12.1 Å². The van der Waals surface area contributed by atoms with Crippen molar-refractivity contribution in [1.82, 2.24) is 19.6 Å². The van der Waals surface area contributed by atoms with Crippen LogP contribution < -0.4 is 10.1 Å². The Bertz CT molecular complexity index is 1080. The van der Waals surface area contributed by atoms with E-state index in [1.165, 1.54) is 24.7 Å². The van der Waals surface area contributed by atoms with Gasteiger partial charge in [0.05, 0.1) is 17.3 Å². The van der Waals surface area contributed by atoms with Crippen LogP contribution in [0.4, 0.5) is 23.4 Å². The number of hydrogen-bond acceptors (Lipinski definition) is 6. The number of anilines is 1. The molecule has 0 aliphatic rings. The molecule has 7 nitrogen and oxygen atoms in total. The Hall–Kier alpha value is -2.95. The predicted octanol–water partition coefficient (Wildman–Crippen LogP) is 4.38. The first-order chi connectivity index (χ1) is 14.1. The van der Waals surface area contributed by atoms with Crippen LogP contribution in [-0.2, 0) is 5.41 Å². The zero-order valence-electron chi connectivity index (χ0n) is 17.6. The lowest BCUT2D eigenvalue weighted by Crippen LogP contribution is -2.35. The van der Waals surface area contributed by atoms with Crippen LogP contribution in [-0.4, -0.2) is 36.7 Å². The highest BCUT2D eigenvalue weighted by Crippen LogP contribution is 2.34. The van der Waals surface area contributed by atoms with Crippen LogP contribution in [0.5, 0.6) is 5.75 Å². The molecule has 0 saturated heterocycles. The molecule has 3 aromatic rings. The summed E-state index contributed by atoms with van der Waals surface area (Å²) in [5, 5.41) is 17.9. The minimum Gasteiger partial charge on any atom is -0.406 e. The highest BCUT2D eigenvalue weighted by atomic mass is 19.4. The average molecular weight is 441 g/mol. The first kappa shape index (κ1) is 22.7. The number of aromatic nitrogens is 4. The van der Waals surface area contributed by atoms with Crippen molar-refractivity contribution in [3.05, 3.63) is 47.7 Å². The molecule has 0 fully saturated rings. The largest absolute Gasteiger partial charge is 0.573 e. The Balaban J connectivity index is 2.06. The molecule has 0 radical (unpaired) electrons. The summed E-state index contributed by atoms with van der Waals surface area (Å²) >= 11 is 0. The van der Waals surface area contributed by atoms with Gasteiger partial charge in [0, 0.05) is 23.1 Å². The molecule has 2 aromatic heterocycles. The lowest BCUT2D eigenvalue weighted by Gasteiger charge is -2.32. The Kier molecular flexibility index (Phi) is 5.59. The Morgan fingerprint density at radius 3 is 2.32 bits per heavy atom. The number of halogens is 4. The van der Waals surface area contributed by atoms with Crippen LogP contribution in [0.2, 0.25) is 0 Å². The summed E-state index contributed by atoms with van der Waals surface area (Å²) in [6.45, 7) is 8.78. The van der Waals surface area contributed by atoms with Gasteiger partial charge < -0.3 is 15.2 Å². The van der Waals surface area contributed by atoms with Crippen LogP contribution in [0.3, 0.4) is 0 Å². The van der Waals surface area contributed by atoms with Crippen molar-refractivity contribution in [2.24, 2.45) is 0 Å². The van der Waals surface area contributed by atoms with Gasteiger partial charge in [0.1, 0.15) is 23.7 Å². The van der Waals surface area contributed by atoms with Crippen molar-refractivity contribution in [3.63, 3.8) is 0 Å². The molecule has 0 spiro atoms. The summed E-state index contributed by atoms with van der Waals surface area (Å²) in [4.78, 5) is 8.56. The molecule has 168 valence electrons. The van der Waals surface area contributed by atoms with Crippen molar-refractivity contribution in [1.29, 1.82) is 0 Å². The molecule has 0 saturated carbocycles. The maximum absolute atomic E-state index is 14.8. The second kappa shape index (κ2) is 7.63. The number of nitrogens with zero attached hydrogens (tertiary/aromatic N) is 4. The van der Waals surface area contributed by atoms with E-state index in [-0.39, 0.29) is 11.0 Å². The fraction of sp³-hybridized carbons (Fsp3) is 0.450. The first-order valence-corrected chi connectivity index (χ1v) is 9.40. The summed E-state index contributed by atoms with van der Waals surface area (Å²) in [6.07, 6.45) is -3.64. The lowest BCUT2D eigenvalue weighted by molar-refractivity contribution is -0.274. The normalized spacial score (nSPS) is 14.0. The van der Waals surface area contributed by atoms with E-state index in [9.17, 15) is 22.7 Å². The van der Waals surface area contributed by atoms with Crippen molar-refractivity contribution in [3.8, 4) is 5.75 Å². The summed E-state index contributed by atoms with van der Waals surface area (Å²) in [5.41, 5.74) is -1.22. The number of aliphatic hydroxyl groups is 1. The number of alkyl halides is 3. The molecule has 0 aliphatic carbocycles. The lowest BCUT2D eigenvalue weighted by atomic mass is 9.90. The van der Waals surface area contributed by atoms with Crippen LogP contribution in [0.25, 0.3) is 5.78 Å². The van der Waals surface area contributed by atoms with E-state index >= 15 is 0 Å². The second-order valence-corrected chi connectivity index (χ2v) is 8.71. The molecule has 0 bridgehead atoms. The van der Waals surface area contributed by atoms with Gasteiger partial charge in [-0.2, -0.15) is 14.6 Å². The highest BCUT2D eigenvalue weighted by molar-refractivity contribution is 5.49. The zero-order valence-corrected chi connectivity index (χ0v) is 17.6. The maximum Gasteiger partial charge on any atom is 0.573 e. The van der Waals surface area contributed by atoms with Gasteiger partial charge in [0.2, 0.25) is 0 Å². The van der Waals surface area contributed by atoms with E-state index in [0.29, 0.717) is 23.4 Å². The minimum atomic E-state index is -4.94. The molecule has 31 heavy (non-hydrogen) atoms. The quantitative estimate of drug-likeness (QED) is 0.572. The average Bonchev–Trinajstić information content (AvgIpc) is 3.06. The zero-order chi connectivity index (χ0) is 23.2. The molecule has 3 rings (SSSR count). The number of benzene rings is 1. The van der Waals surface area contributed by atoms with Crippen LogP contribution >= 0.6 is 0 Å². The van der Waals surface area contributed by atoms with Crippen LogP contribution in [0.15, 0.2) is 30.6 Å². The number of fused-ring (bicyclic) bond motifs is 1. The van der Waals surface area contributed by atoms with E-state index < -0.39 is 29.6 Å². The maximum atomic E-state index is 14.8. The monoisotopic (exact) mass is 441 g/mol. The molecule has 0 aliphatic heterocycles. The van der Waals surface area contributed by atoms with Crippen molar-refractivity contribution in [2.45, 2.75) is 58.0 Å². The Morgan fingerprint density at radius 1 is 1.10 bits per heavy atom. The topological polar surface area (TPSA) is 84.6 Å². The Morgan fingerprint density at radius 2 is 1.77 bits per heavy atom. The smallest absolute Gasteiger partial charge is 0.406 e. The second-order valence-electron chi connectivity index (χ2n) is 8.71. The number of hydrogen-bond donors (Lipinski definition) is 2. The number of nitrogens with one attached hydrogen (secondary N) is 1. The van der Waals surface area contributed by atoms with E-state index in [1.807, 2.05) is 20.8 Å². The van der Waals surface area contributed by atoms with E-state index in [2.05, 4.69) is 25.1 Å². The molecular weight excluding hydrogens is 418 g/mol. The highest BCUT2D eigenvalue weighted by Gasteiger charge is 2.34. The van der Waals surface area contributed by atoms with Gasteiger partial charge in [-0.3, -0.25) is 0 Å². The van der Waals surface area contributed by atoms with Crippen molar-refractivity contribution in [2.75, 3.05) is 5.32 Å². The predicted molar refractivity (Wildman–Crippen MR) is 105 cm³/mol. The molecular formula is C20H23F4N5O2. The minimum absolute atomic E-state index is 0.0515. The number of ether oxygens (including phenoxy) is 1. The molecule has 1 atom stereocenters. The molecule has 11 heteroatoms. The third-order valence-corrected chi connectivity index (χ3v) is 4.54. The van der Waals surface area contributed by atoms with Gasteiger partial charge in [0.15, 0.2) is 0 Å². The van der Waals surface area contributed by atoms with E-state index in [4.69, 9.17) is 0 Å². The molecule has 0 amide bonds. The van der Waals surface area contributed by atoms with Crippen molar-refractivity contribution >= 4 is 11.6 Å². The van der Waals surface area contributed by atoms with Gasteiger partial charge in [-0.25, -0.2) is 9.37 Å². The summed E-state index contributed by atoms with van der Waals surface area (Å²) in [5.74, 6) is -0.976. The first-order valence-electron chi connectivity index (χ1n) is 9.40. The summed E-state index contributed by atoms with van der Waals surface area (Å²) in [7, 11) is 0. The van der Waals surface area contributed by atoms with E-state index in [1.54, 1.807) is 6.07 Å². The fourth-order valence-electron chi connectivity index (χ4n) is 3.02. The molecule has 2 N–H and O–H groups in total. The molecule has 1 unspecified atom stereocenters. The SMILES string of the molecule is CC(C)(C)c1cc(NC(c2ccc(OC(F)(F)F)cc2F)C(C)(C)O)n2ncnc2n1. The third-order valence-electron chi connectivity index (χ3n) is 4.54. The third kappa shape index (κ3) is 5.22. The fourth-order valence-corrected chi connectivity index (χ4v) is 3.02. The molecule has 1 aromatic carbocycles. The summed E-state index contributed by atoms with van der Waals surface area (Å²) < 4.78 is 57.3. The van der Waals surface area contributed by atoms with Gasteiger partial charge in [-0.1, -0.05) is 26.8 Å². The van der Waals surface area contributed by atoms with Gasteiger partial charge in [-0.05, 0) is 19.9 Å². The molecule has 2 heterocycles.